The van der Waals surface area contributed by atoms with E-state index in [2.05, 4.69) is 40.3 Å². The molecule has 2 nitrogen and oxygen atoms in total. The molecular weight excluding hydrogens is 247 g/mol. The minimum Gasteiger partial charge on any atom is -0.349 e. The Kier molecular flexibility index (Phi) is 3.04. The molecule has 1 aromatic carbocycles. The van der Waals surface area contributed by atoms with Crippen LogP contribution in [-0.4, -0.2) is 16.1 Å². The first-order chi connectivity index (χ1) is 8.34. The van der Waals surface area contributed by atoms with E-state index in [-0.39, 0.29) is 7.92 Å². The summed E-state index contributed by atoms with van der Waals surface area (Å²) in [6.45, 7) is 0. The summed E-state index contributed by atoms with van der Waals surface area (Å²) in [7, 11) is -0.0963. The molecule has 2 heterocycles. The van der Waals surface area contributed by atoms with Gasteiger partial charge in [-0.2, -0.15) is 0 Å². The van der Waals surface area contributed by atoms with Crippen molar-refractivity contribution < 1.29 is 0 Å². The number of H-pyrrole nitrogens is 1. The number of benzene rings is 1. The highest BCUT2D eigenvalue weighted by Gasteiger charge is 2.20. The van der Waals surface area contributed by atoms with Crippen molar-refractivity contribution in [2.45, 2.75) is 12.6 Å². The Hall–Kier alpha value is -1.05. The molecule has 3 rings (SSSR count). The zero-order valence-electron chi connectivity index (χ0n) is 9.39. The van der Waals surface area contributed by atoms with Crippen molar-refractivity contribution in [2.75, 3.05) is 6.16 Å². The van der Waals surface area contributed by atoms with Gasteiger partial charge in [0, 0.05) is 17.4 Å². The number of nitrogens with one attached hydrogen (secondary N) is 1. The summed E-state index contributed by atoms with van der Waals surface area (Å²) in [5, 5.41) is 1.48. The van der Waals surface area contributed by atoms with Gasteiger partial charge in [0.1, 0.15) is 4.64 Å². The second-order valence-electron chi connectivity index (χ2n) is 4.17. The number of aromatic amines is 1. The minimum absolute atomic E-state index is 0.0963. The molecule has 0 amide bonds. The zero-order valence-corrected chi connectivity index (χ0v) is 11.1. The smallest absolute Gasteiger partial charge is 0.133 e. The van der Waals surface area contributed by atoms with Gasteiger partial charge >= 0.3 is 0 Å². The molecule has 1 atom stereocenters. The summed E-state index contributed by atoms with van der Waals surface area (Å²) in [5.41, 5.74) is 2.56. The maximum Gasteiger partial charge on any atom is 0.133 e. The van der Waals surface area contributed by atoms with Gasteiger partial charge in [-0.15, -0.1) is 0 Å². The highest BCUT2D eigenvalue weighted by Crippen LogP contribution is 2.43. The van der Waals surface area contributed by atoms with Gasteiger partial charge in [0.15, 0.2) is 0 Å². The van der Waals surface area contributed by atoms with Crippen LogP contribution in [0.1, 0.15) is 11.3 Å². The summed E-state index contributed by atoms with van der Waals surface area (Å²) >= 11 is 5.32. The van der Waals surface area contributed by atoms with Crippen molar-refractivity contribution in [1.29, 1.82) is 0 Å². The van der Waals surface area contributed by atoms with E-state index in [1.54, 1.807) is 6.33 Å². The Labute approximate surface area is 107 Å². The van der Waals surface area contributed by atoms with Gasteiger partial charge in [-0.3, -0.25) is 0 Å². The Morgan fingerprint density at radius 2 is 2.06 bits per heavy atom. The summed E-state index contributed by atoms with van der Waals surface area (Å²) in [5.74, 6) is 0. The van der Waals surface area contributed by atoms with Crippen molar-refractivity contribution in [2.24, 2.45) is 0 Å². The van der Waals surface area contributed by atoms with Gasteiger partial charge in [-0.25, -0.2) is 4.98 Å². The molecule has 0 fully saturated rings. The fourth-order valence-corrected chi connectivity index (χ4v) is 4.99. The van der Waals surface area contributed by atoms with Crippen LogP contribution < -0.4 is 5.30 Å². The molecule has 17 heavy (non-hydrogen) atoms. The van der Waals surface area contributed by atoms with Gasteiger partial charge in [-0.05, 0) is 17.9 Å². The molecule has 0 saturated carbocycles. The van der Waals surface area contributed by atoms with Crippen LogP contribution in [0.5, 0.6) is 0 Å². The Balaban J connectivity index is 1.96. The molecule has 86 valence electrons. The van der Waals surface area contributed by atoms with E-state index in [4.69, 9.17) is 12.2 Å². The van der Waals surface area contributed by atoms with Gasteiger partial charge in [0.05, 0.1) is 6.33 Å². The number of aryl methyl sites for hydroxylation is 1. The molecule has 0 radical (unpaired) electrons. The van der Waals surface area contributed by atoms with E-state index >= 15 is 0 Å². The van der Waals surface area contributed by atoms with Crippen LogP contribution in [0.3, 0.4) is 0 Å². The quantitative estimate of drug-likeness (QED) is 0.630. The number of rotatable bonds is 1. The molecule has 4 heteroatoms. The van der Waals surface area contributed by atoms with E-state index in [0.29, 0.717) is 0 Å². The number of hydrogen-bond acceptors (Lipinski definition) is 2. The summed E-state index contributed by atoms with van der Waals surface area (Å²) < 4.78 is 0.780. The minimum atomic E-state index is -0.0963. The molecule has 1 aromatic heterocycles. The van der Waals surface area contributed by atoms with Gasteiger partial charge < -0.3 is 4.98 Å². The Bertz CT molecular complexity index is 579. The van der Waals surface area contributed by atoms with Crippen molar-refractivity contribution in [1.82, 2.24) is 9.97 Å². The molecule has 2 aromatic rings. The fourth-order valence-electron chi connectivity index (χ4n) is 2.22. The van der Waals surface area contributed by atoms with Crippen molar-refractivity contribution in [3.05, 3.63) is 52.6 Å². The lowest BCUT2D eigenvalue weighted by Crippen LogP contribution is -2.15. The summed E-state index contributed by atoms with van der Waals surface area (Å²) in [4.78, 5) is 7.42. The fraction of sp³-hybridized carbons (Fsp3) is 0.231. The second kappa shape index (κ2) is 4.67. The van der Waals surface area contributed by atoms with Crippen molar-refractivity contribution in [3.8, 4) is 0 Å². The summed E-state index contributed by atoms with van der Waals surface area (Å²) in [6.07, 6.45) is 5.15. The van der Waals surface area contributed by atoms with E-state index in [1.807, 2.05) is 0 Å². The second-order valence-corrected chi connectivity index (χ2v) is 6.92. The normalized spacial score (nSPS) is 18.7. The molecule has 1 N–H and O–H groups in total. The average molecular weight is 260 g/mol. The standard InChI is InChI=1S/C13H13N2PS/c17-13-11-8-16(10-4-2-1-3-5-10)7-6-12(11)14-9-15-13/h1-5,9H,6-8H2,(H,14,15,17). The first-order valence-electron chi connectivity index (χ1n) is 5.70. The molecule has 0 bridgehead atoms. The zero-order chi connectivity index (χ0) is 11.7. The van der Waals surface area contributed by atoms with Crippen LogP contribution in [-0.2, 0) is 12.6 Å². The van der Waals surface area contributed by atoms with Crippen LogP contribution in [0.4, 0.5) is 0 Å². The predicted octanol–water partition coefficient (Wildman–Crippen LogP) is 3.00. The van der Waals surface area contributed by atoms with Gasteiger partial charge in [0.25, 0.3) is 0 Å². The van der Waals surface area contributed by atoms with Crippen molar-refractivity contribution >= 4 is 25.4 Å². The van der Waals surface area contributed by atoms with E-state index in [9.17, 15) is 0 Å². The number of nitrogens with zero attached hydrogens (tertiary/aromatic N) is 1. The summed E-state index contributed by atoms with van der Waals surface area (Å²) in [6, 6.07) is 10.8. The molecular formula is C13H13N2PS. The highest BCUT2D eigenvalue weighted by molar-refractivity contribution is 7.71. The number of aromatic nitrogens is 2. The largest absolute Gasteiger partial charge is 0.349 e. The Morgan fingerprint density at radius 1 is 1.24 bits per heavy atom. The lowest BCUT2D eigenvalue weighted by Gasteiger charge is -2.24. The molecule has 1 unspecified atom stereocenters. The Morgan fingerprint density at radius 3 is 2.88 bits per heavy atom. The lowest BCUT2D eigenvalue weighted by molar-refractivity contribution is 0.937. The van der Waals surface area contributed by atoms with E-state index in [0.717, 1.165) is 17.2 Å². The maximum atomic E-state index is 5.32. The van der Waals surface area contributed by atoms with Crippen LogP contribution >= 0.6 is 20.1 Å². The van der Waals surface area contributed by atoms with Crippen LogP contribution in [0.25, 0.3) is 0 Å². The monoisotopic (exact) mass is 260 g/mol. The topological polar surface area (TPSA) is 28.7 Å². The number of hydrogen-bond donors (Lipinski definition) is 1. The lowest BCUT2D eigenvalue weighted by atomic mass is 10.2. The van der Waals surface area contributed by atoms with Crippen LogP contribution in [0.15, 0.2) is 36.7 Å². The molecule has 0 aliphatic carbocycles. The molecule has 0 spiro atoms. The van der Waals surface area contributed by atoms with E-state index in [1.165, 1.54) is 22.7 Å². The van der Waals surface area contributed by atoms with Crippen LogP contribution in [0.2, 0.25) is 0 Å². The van der Waals surface area contributed by atoms with Gasteiger partial charge in [0.2, 0.25) is 0 Å². The first kappa shape index (κ1) is 11.1. The molecule has 1 aliphatic rings. The van der Waals surface area contributed by atoms with Crippen LogP contribution in [0, 0.1) is 4.64 Å². The van der Waals surface area contributed by atoms with Crippen molar-refractivity contribution in [3.63, 3.8) is 0 Å². The first-order valence-corrected chi connectivity index (χ1v) is 7.82. The average Bonchev–Trinajstić information content (AvgIpc) is 2.40. The third kappa shape index (κ3) is 2.18. The third-order valence-corrected chi connectivity index (χ3v) is 5.99. The molecule has 1 aliphatic heterocycles. The predicted molar refractivity (Wildman–Crippen MR) is 74.7 cm³/mol. The van der Waals surface area contributed by atoms with Gasteiger partial charge in [-0.1, -0.05) is 50.5 Å². The number of fused-ring (bicyclic) bond motifs is 1. The SMILES string of the molecule is S=c1nc[nH]c2c1CP(c1ccccc1)CC2. The molecule has 0 saturated heterocycles. The maximum absolute atomic E-state index is 5.32. The third-order valence-electron chi connectivity index (χ3n) is 3.15. The van der Waals surface area contributed by atoms with E-state index < -0.39 is 0 Å². The highest BCUT2D eigenvalue weighted by atomic mass is 32.1.